The Morgan fingerprint density at radius 3 is 2.67 bits per heavy atom. The topological polar surface area (TPSA) is 56.8 Å². The van der Waals surface area contributed by atoms with Crippen LogP contribution < -0.4 is 14.8 Å². The maximum atomic E-state index is 12.4. The third-order valence-corrected chi connectivity index (χ3v) is 4.86. The fourth-order valence-corrected chi connectivity index (χ4v) is 3.50. The van der Waals surface area contributed by atoms with Crippen molar-refractivity contribution in [1.29, 1.82) is 0 Å². The second kappa shape index (κ2) is 8.19. The highest BCUT2D eigenvalue weighted by Gasteiger charge is 2.37. The van der Waals surface area contributed by atoms with Crippen molar-refractivity contribution < 1.29 is 19.0 Å². The van der Waals surface area contributed by atoms with Crippen molar-refractivity contribution in [3.8, 4) is 11.5 Å². The summed E-state index contributed by atoms with van der Waals surface area (Å²) in [7, 11) is 3.18. The largest absolute Gasteiger partial charge is 0.493 e. The lowest BCUT2D eigenvalue weighted by Gasteiger charge is -2.24. The molecule has 0 aliphatic carbocycles. The van der Waals surface area contributed by atoms with Crippen LogP contribution in [0.1, 0.15) is 28.4 Å². The van der Waals surface area contributed by atoms with E-state index < -0.39 is 5.60 Å². The van der Waals surface area contributed by atoms with Crippen LogP contribution in [0.2, 0.25) is 5.02 Å². The number of ether oxygens (including phenoxy) is 3. The minimum Gasteiger partial charge on any atom is -0.493 e. The lowest BCUT2D eigenvalue weighted by Crippen LogP contribution is -2.32. The van der Waals surface area contributed by atoms with Crippen molar-refractivity contribution in [2.45, 2.75) is 25.4 Å². The molecular formula is C21H24ClNO4. The molecule has 2 aromatic carbocycles. The number of rotatable bonds is 7. The van der Waals surface area contributed by atoms with Crippen molar-refractivity contribution in [2.75, 3.05) is 27.4 Å². The van der Waals surface area contributed by atoms with Gasteiger partial charge in [-0.2, -0.15) is 0 Å². The SMILES string of the molecule is COCCNC(=O)c1cc2c(c(OC)c1)O[C@@](C)(Cc1ccc(Cl)cc1)C2. The van der Waals surface area contributed by atoms with Crippen molar-refractivity contribution in [3.05, 3.63) is 58.1 Å². The van der Waals surface area contributed by atoms with Crippen molar-refractivity contribution in [1.82, 2.24) is 5.32 Å². The Balaban J connectivity index is 1.80. The van der Waals surface area contributed by atoms with Gasteiger partial charge in [-0.05, 0) is 36.8 Å². The zero-order chi connectivity index (χ0) is 19.4. The molecule has 1 amide bonds. The van der Waals surface area contributed by atoms with E-state index in [1.165, 1.54) is 0 Å². The molecule has 0 saturated heterocycles. The minimum atomic E-state index is -0.408. The second-order valence-corrected chi connectivity index (χ2v) is 7.38. The number of amides is 1. The molecule has 0 unspecified atom stereocenters. The molecule has 1 aliphatic heterocycles. The number of fused-ring (bicyclic) bond motifs is 1. The Morgan fingerprint density at radius 1 is 1.26 bits per heavy atom. The normalized spacial score (nSPS) is 17.9. The highest BCUT2D eigenvalue weighted by Crippen LogP contribution is 2.44. The molecule has 0 saturated carbocycles. The van der Waals surface area contributed by atoms with Gasteiger partial charge in [0.15, 0.2) is 11.5 Å². The average molecular weight is 390 g/mol. The average Bonchev–Trinajstić information content (AvgIpc) is 2.98. The van der Waals surface area contributed by atoms with E-state index in [4.69, 9.17) is 25.8 Å². The molecule has 0 aromatic heterocycles. The molecule has 2 aromatic rings. The Kier molecular flexibility index (Phi) is 5.92. The van der Waals surface area contributed by atoms with E-state index in [0.717, 1.165) is 17.5 Å². The van der Waals surface area contributed by atoms with E-state index >= 15 is 0 Å². The van der Waals surface area contributed by atoms with Crippen LogP contribution in [-0.4, -0.2) is 38.9 Å². The van der Waals surface area contributed by atoms with Gasteiger partial charge in [0.05, 0.1) is 13.7 Å². The lowest BCUT2D eigenvalue weighted by atomic mass is 9.91. The number of carbonyl (C=O) groups excluding carboxylic acids is 1. The highest BCUT2D eigenvalue weighted by molar-refractivity contribution is 6.30. The Bertz CT molecular complexity index is 822. The maximum Gasteiger partial charge on any atom is 0.251 e. The molecule has 1 atom stereocenters. The molecule has 0 spiro atoms. The molecule has 1 aliphatic rings. The van der Waals surface area contributed by atoms with Gasteiger partial charge >= 0.3 is 0 Å². The van der Waals surface area contributed by atoms with Crippen molar-refractivity contribution in [3.63, 3.8) is 0 Å². The molecule has 3 rings (SSSR count). The fraction of sp³-hybridized carbons (Fsp3) is 0.381. The Hall–Kier alpha value is -2.24. The van der Waals surface area contributed by atoms with Gasteiger partial charge in [0, 0.05) is 42.6 Å². The summed E-state index contributed by atoms with van der Waals surface area (Å²) in [5.41, 5.74) is 2.27. The Morgan fingerprint density at radius 2 is 2.00 bits per heavy atom. The molecule has 27 heavy (non-hydrogen) atoms. The van der Waals surface area contributed by atoms with Gasteiger partial charge in [-0.1, -0.05) is 23.7 Å². The zero-order valence-corrected chi connectivity index (χ0v) is 16.6. The van der Waals surface area contributed by atoms with Crippen LogP contribution in [0.5, 0.6) is 11.5 Å². The third-order valence-electron chi connectivity index (χ3n) is 4.61. The molecule has 0 fully saturated rings. The first-order valence-electron chi connectivity index (χ1n) is 8.85. The fourth-order valence-electron chi connectivity index (χ4n) is 3.38. The smallest absolute Gasteiger partial charge is 0.251 e. The van der Waals surface area contributed by atoms with Crippen LogP contribution in [0, 0.1) is 0 Å². The molecule has 0 radical (unpaired) electrons. The summed E-state index contributed by atoms with van der Waals surface area (Å²) in [4.78, 5) is 12.4. The monoisotopic (exact) mass is 389 g/mol. The molecular weight excluding hydrogens is 366 g/mol. The van der Waals surface area contributed by atoms with Crippen molar-refractivity contribution in [2.24, 2.45) is 0 Å². The van der Waals surface area contributed by atoms with Gasteiger partial charge in [-0.3, -0.25) is 4.79 Å². The van der Waals surface area contributed by atoms with E-state index in [2.05, 4.69) is 12.2 Å². The van der Waals surface area contributed by atoms with Crippen LogP contribution in [0.25, 0.3) is 0 Å². The third kappa shape index (κ3) is 4.54. The first-order chi connectivity index (χ1) is 12.9. The molecule has 1 N–H and O–H groups in total. The number of carbonyl (C=O) groups is 1. The summed E-state index contributed by atoms with van der Waals surface area (Å²) in [6.07, 6.45) is 1.43. The number of hydrogen-bond acceptors (Lipinski definition) is 4. The van der Waals surface area contributed by atoms with E-state index in [9.17, 15) is 4.79 Å². The van der Waals surface area contributed by atoms with E-state index in [1.54, 1.807) is 20.3 Å². The summed E-state index contributed by atoms with van der Waals surface area (Å²) >= 11 is 5.97. The standard InChI is InChI=1S/C21H24ClNO4/c1-21(12-14-4-6-17(22)7-5-14)13-16-10-15(20(24)23-8-9-25-2)11-18(26-3)19(16)27-21/h4-7,10-11H,8-9,12-13H2,1-3H3,(H,23,24)/t21-/m0/s1. The minimum absolute atomic E-state index is 0.153. The van der Waals surface area contributed by atoms with Crippen LogP contribution in [0.15, 0.2) is 36.4 Å². The number of hydrogen-bond donors (Lipinski definition) is 1. The molecule has 5 nitrogen and oxygen atoms in total. The number of halogens is 1. The number of methoxy groups -OCH3 is 2. The van der Waals surface area contributed by atoms with Gasteiger partial charge in [-0.15, -0.1) is 0 Å². The summed E-state index contributed by atoms with van der Waals surface area (Å²) in [6.45, 7) is 3.00. The molecule has 0 bridgehead atoms. The predicted octanol–water partition coefficient (Wildman–Crippen LogP) is 3.66. The molecule has 6 heteroatoms. The van der Waals surface area contributed by atoms with Crippen molar-refractivity contribution >= 4 is 17.5 Å². The van der Waals surface area contributed by atoms with Crippen LogP contribution in [0.4, 0.5) is 0 Å². The van der Waals surface area contributed by atoms with E-state index in [-0.39, 0.29) is 5.91 Å². The number of nitrogens with one attached hydrogen (secondary N) is 1. The molecule has 144 valence electrons. The van der Waals surface area contributed by atoms with Gasteiger partial charge < -0.3 is 19.5 Å². The highest BCUT2D eigenvalue weighted by atomic mass is 35.5. The van der Waals surface area contributed by atoms with Gasteiger partial charge in [0.2, 0.25) is 0 Å². The van der Waals surface area contributed by atoms with Crippen LogP contribution >= 0.6 is 11.6 Å². The zero-order valence-electron chi connectivity index (χ0n) is 15.8. The summed E-state index contributed by atoms with van der Waals surface area (Å²) in [6, 6.07) is 11.4. The first kappa shape index (κ1) is 19.5. The van der Waals surface area contributed by atoms with Gasteiger partial charge in [0.1, 0.15) is 5.60 Å². The first-order valence-corrected chi connectivity index (χ1v) is 9.23. The van der Waals surface area contributed by atoms with Gasteiger partial charge in [0.25, 0.3) is 5.91 Å². The quantitative estimate of drug-likeness (QED) is 0.734. The summed E-state index contributed by atoms with van der Waals surface area (Å²) < 4.78 is 16.7. The summed E-state index contributed by atoms with van der Waals surface area (Å²) in [5.74, 6) is 1.13. The molecule has 1 heterocycles. The van der Waals surface area contributed by atoms with E-state index in [0.29, 0.717) is 41.7 Å². The number of benzene rings is 2. The van der Waals surface area contributed by atoms with E-state index in [1.807, 2.05) is 30.3 Å². The predicted molar refractivity (Wildman–Crippen MR) is 105 cm³/mol. The summed E-state index contributed by atoms with van der Waals surface area (Å²) in [5, 5.41) is 3.55. The van der Waals surface area contributed by atoms with Gasteiger partial charge in [-0.25, -0.2) is 0 Å². The van der Waals surface area contributed by atoms with Crippen LogP contribution in [0.3, 0.4) is 0 Å². The lowest BCUT2D eigenvalue weighted by molar-refractivity contribution is 0.0936. The maximum absolute atomic E-state index is 12.4. The second-order valence-electron chi connectivity index (χ2n) is 6.95. The van der Waals surface area contributed by atoms with Crippen LogP contribution in [-0.2, 0) is 17.6 Å². The Labute approximate surface area is 164 Å².